The molecule has 1 heterocycles. The van der Waals surface area contributed by atoms with Crippen molar-refractivity contribution in [3.8, 4) is 0 Å². The molecule has 1 aliphatic rings. The van der Waals surface area contributed by atoms with Gasteiger partial charge in [0.2, 0.25) is 0 Å². The minimum Gasteiger partial charge on any atom is -0.466 e. The summed E-state index contributed by atoms with van der Waals surface area (Å²) >= 11 is 0. The summed E-state index contributed by atoms with van der Waals surface area (Å²) in [6.07, 6.45) is 1.49. The molecule has 0 aromatic rings. The van der Waals surface area contributed by atoms with Gasteiger partial charge in [-0.2, -0.15) is 0 Å². The number of urea groups is 1. The Balaban J connectivity index is 3.11. The van der Waals surface area contributed by atoms with Crippen molar-refractivity contribution in [2.75, 3.05) is 32.8 Å². The van der Waals surface area contributed by atoms with E-state index >= 15 is 0 Å². The molecular formula is C13H19N11O3. The molecule has 1 rings (SSSR count). The third-order valence-electron chi connectivity index (χ3n) is 3.66. The molecule has 0 bridgehead atoms. The first-order chi connectivity index (χ1) is 13.1. The number of esters is 1. The largest absolute Gasteiger partial charge is 0.466 e. The van der Waals surface area contributed by atoms with Crippen LogP contribution in [0.5, 0.6) is 0 Å². The van der Waals surface area contributed by atoms with Gasteiger partial charge in [-0.25, -0.2) is 4.79 Å². The van der Waals surface area contributed by atoms with Crippen LogP contribution in [0.4, 0.5) is 4.79 Å². The van der Waals surface area contributed by atoms with Crippen molar-refractivity contribution < 1.29 is 14.3 Å². The second kappa shape index (κ2) is 11.9. The summed E-state index contributed by atoms with van der Waals surface area (Å²) in [6.45, 7) is 1.88. The van der Waals surface area contributed by atoms with Crippen LogP contribution in [-0.4, -0.2) is 55.7 Å². The number of hydrogen-bond acceptors (Lipinski definition) is 6. The van der Waals surface area contributed by atoms with E-state index in [1.54, 1.807) is 6.92 Å². The predicted molar refractivity (Wildman–Crippen MR) is 93.9 cm³/mol. The molecule has 0 radical (unpaired) electrons. The fourth-order valence-corrected chi connectivity index (χ4v) is 2.45. The van der Waals surface area contributed by atoms with Crippen molar-refractivity contribution in [2.45, 2.75) is 19.4 Å². The summed E-state index contributed by atoms with van der Waals surface area (Å²) in [4.78, 5) is 33.1. The van der Waals surface area contributed by atoms with Gasteiger partial charge >= 0.3 is 12.0 Å². The zero-order valence-corrected chi connectivity index (χ0v) is 14.7. The summed E-state index contributed by atoms with van der Waals surface area (Å²) in [5.41, 5.74) is 26.3. The van der Waals surface area contributed by atoms with Crippen molar-refractivity contribution in [1.82, 2.24) is 10.2 Å². The molecule has 2 amide bonds. The molecule has 1 aliphatic heterocycles. The van der Waals surface area contributed by atoms with Gasteiger partial charge in [-0.05, 0) is 35.0 Å². The molecule has 14 heteroatoms. The number of rotatable bonds is 11. The van der Waals surface area contributed by atoms with Gasteiger partial charge in [0.1, 0.15) is 0 Å². The van der Waals surface area contributed by atoms with Crippen LogP contribution in [0.1, 0.15) is 13.3 Å². The second-order valence-corrected chi connectivity index (χ2v) is 5.32. The quantitative estimate of drug-likeness (QED) is 0.249. The summed E-state index contributed by atoms with van der Waals surface area (Å²) in [7, 11) is 0. The Kier molecular flexibility index (Phi) is 9.44. The second-order valence-electron chi connectivity index (χ2n) is 5.32. The molecule has 27 heavy (non-hydrogen) atoms. The summed E-state index contributed by atoms with van der Waals surface area (Å²) < 4.78 is 4.84. The Bertz CT molecular complexity index is 697. The highest BCUT2D eigenvalue weighted by atomic mass is 16.5. The molecule has 0 saturated carbocycles. The van der Waals surface area contributed by atoms with E-state index in [9.17, 15) is 9.59 Å². The normalized spacial score (nSPS) is 16.6. The first kappa shape index (κ1) is 21.5. The van der Waals surface area contributed by atoms with Crippen molar-refractivity contribution in [3.63, 3.8) is 0 Å². The highest BCUT2D eigenvalue weighted by Crippen LogP contribution is 2.22. The number of azide groups is 3. The summed E-state index contributed by atoms with van der Waals surface area (Å²) in [5, 5.41) is 13.2. The monoisotopic (exact) mass is 377 g/mol. The molecule has 14 nitrogen and oxygen atoms in total. The number of carbonyl (C=O) groups is 2. The number of carbonyl (C=O) groups excluding carboxylic acids is 2. The van der Waals surface area contributed by atoms with Gasteiger partial charge in [-0.3, -0.25) is 4.79 Å². The van der Waals surface area contributed by atoms with E-state index in [2.05, 4.69) is 35.4 Å². The van der Waals surface area contributed by atoms with Crippen LogP contribution in [0.25, 0.3) is 31.3 Å². The highest BCUT2D eigenvalue weighted by Gasteiger charge is 2.30. The summed E-state index contributed by atoms with van der Waals surface area (Å²) in [6, 6.07) is -1.13. The maximum Gasteiger partial charge on any atom is 0.321 e. The van der Waals surface area contributed by atoms with Gasteiger partial charge in [-0.1, -0.05) is 15.3 Å². The third kappa shape index (κ3) is 7.04. The zero-order valence-electron chi connectivity index (χ0n) is 14.7. The minimum absolute atomic E-state index is 0.0105. The molecule has 0 spiro atoms. The van der Waals surface area contributed by atoms with Crippen LogP contribution in [0.2, 0.25) is 0 Å². The maximum atomic E-state index is 12.3. The predicted octanol–water partition coefficient (Wildman–Crippen LogP) is 2.76. The van der Waals surface area contributed by atoms with E-state index in [1.807, 2.05) is 0 Å². The topological polar surface area (TPSA) is 205 Å². The fourth-order valence-electron chi connectivity index (χ4n) is 2.45. The Morgan fingerprint density at radius 3 is 2.44 bits per heavy atom. The molecule has 1 atom stereocenters. The average molecular weight is 377 g/mol. The molecule has 0 saturated heterocycles. The summed E-state index contributed by atoms with van der Waals surface area (Å²) in [5.74, 6) is -0.961. The lowest BCUT2D eigenvalue weighted by Crippen LogP contribution is -2.51. The minimum atomic E-state index is -0.653. The van der Waals surface area contributed by atoms with E-state index in [4.69, 9.17) is 21.3 Å². The molecule has 0 unspecified atom stereocenters. The fraction of sp³-hybridized carbons (Fsp3) is 0.692. The molecule has 144 valence electrons. The highest BCUT2D eigenvalue weighted by molar-refractivity contribution is 5.78. The first-order valence-electron chi connectivity index (χ1n) is 8.04. The van der Waals surface area contributed by atoms with Crippen molar-refractivity contribution in [3.05, 3.63) is 43.1 Å². The molecule has 1 N–H and O–H groups in total. The number of nitrogens with zero attached hydrogens (tertiary/aromatic N) is 10. The molecule has 0 aromatic heterocycles. The maximum absolute atomic E-state index is 12.3. The van der Waals surface area contributed by atoms with Gasteiger partial charge in [-0.15, -0.1) is 0 Å². The van der Waals surface area contributed by atoms with Crippen LogP contribution in [-0.2, 0) is 9.53 Å². The van der Waals surface area contributed by atoms with Crippen molar-refractivity contribution >= 4 is 12.0 Å². The van der Waals surface area contributed by atoms with E-state index in [0.717, 1.165) is 0 Å². The van der Waals surface area contributed by atoms with Gasteiger partial charge in [0.25, 0.3) is 0 Å². The molecule has 0 aromatic carbocycles. The SMILES string of the molecule is CCOC(=O)CCN1C=C(C(CN=[N+]=[N-])CN=[N+]=[N-])[C@@H](CN=[N+]=[N-])NC1=O. The standard InChI is InChI=1S/C13H19N11O3/c1-2-27-12(25)3-4-24-8-10(9(5-17-21-14)6-18-22-15)11(7-19-23-16)20-13(24)26/h8-9,11H,2-7H2,1H3,(H,20,26)/t11-/m1/s1. The van der Waals surface area contributed by atoms with E-state index < -0.39 is 24.0 Å². The van der Waals surface area contributed by atoms with Crippen LogP contribution in [0, 0.1) is 5.92 Å². The number of nitrogens with one attached hydrogen (secondary N) is 1. The van der Waals surface area contributed by atoms with Crippen LogP contribution in [0.15, 0.2) is 27.1 Å². The lowest BCUT2D eigenvalue weighted by molar-refractivity contribution is -0.143. The van der Waals surface area contributed by atoms with Crippen LogP contribution < -0.4 is 5.32 Å². The van der Waals surface area contributed by atoms with E-state index in [1.165, 1.54) is 11.1 Å². The molecular weight excluding hydrogens is 358 g/mol. The van der Waals surface area contributed by atoms with E-state index in [-0.39, 0.29) is 39.2 Å². The average Bonchev–Trinajstić information content (AvgIpc) is 2.66. The van der Waals surface area contributed by atoms with E-state index in [0.29, 0.717) is 5.57 Å². The van der Waals surface area contributed by atoms with Crippen LogP contribution >= 0.6 is 0 Å². The molecule has 0 fully saturated rings. The van der Waals surface area contributed by atoms with Crippen molar-refractivity contribution in [1.29, 1.82) is 0 Å². The lowest BCUT2D eigenvalue weighted by atomic mass is 9.92. The Morgan fingerprint density at radius 1 is 1.26 bits per heavy atom. The van der Waals surface area contributed by atoms with Gasteiger partial charge in [0, 0.05) is 40.6 Å². The number of amides is 2. The lowest BCUT2D eigenvalue weighted by Gasteiger charge is -2.34. The zero-order chi connectivity index (χ0) is 20.1. The Labute approximate surface area is 154 Å². The first-order valence-corrected chi connectivity index (χ1v) is 8.04. The number of ether oxygens (including phenoxy) is 1. The van der Waals surface area contributed by atoms with Gasteiger partial charge < -0.3 is 15.0 Å². The van der Waals surface area contributed by atoms with Crippen LogP contribution in [0.3, 0.4) is 0 Å². The number of hydrogen-bond donors (Lipinski definition) is 1. The van der Waals surface area contributed by atoms with Crippen molar-refractivity contribution in [2.24, 2.45) is 21.3 Å². The Hall–Kier alpha value is -3.59. The Morgan fingerprint density at radius 2 is 1.89 bits per heavy atom. The van der Waals surface area contributed by atoms with Gasteiger partial charge in [0.15, 0.2) is 0 Å². The smallest absolute Gasteiger partial charge is 0.321 e. The molecule has 0 aliphatic carbocycles. The van der Waals surface area contributed by atoms with Gasteiger partial charge in [0.05, 0.1) is 25.6 Å². The third-order valence-corrected chi connectivity index (χ3v) is 3.66.